The van der Waals surface area contributed by atoms with Gasteiger partial charge >= 0.3 is 0 Å². The van der Waals surface area contributed by atoms with Crippen molar-refractivity contribution in [3.05, 3.63) is 130 Å². The maximum atomic E-state index is 14.6. The van der Waals surface area contributed by atoms with E-state index in [0.717, 1.165) is 4.90 Å². The number of rotatable bonds is 24. The minimum atomic E-state index is -2.22. The molecule has 26 N–H and O–H groups in total. The van der Waals surface area contributed by atoms with Gasteiger partial charge in [-0.3, -0.25) is 50.4 Å². The average molecular weight is 1120 g/mol. The minimum Gasteiger partial charge on any atom is -0.370 e. The molecule has 31 nitrogen and oxygen atoms in total. The maximum absolute atomic E-state index is 14.6. The van der Waals surface area contributed by atoms with Crippen molar-refractivity contribution in [1.29, 1.82) is 21.6 Å². The Balaban J connectivity index is 1.48. The van der Waals surface area contributed by atoms with Crippen molar-refractivity contribution in [3.63, 3.8) is 0 Å². The third kappa shape index (κ3) is 17.2. The summed E-state index contributed by atoms with van der Waals surface area (Å²) in [5, 5.41) is 72.0. The lowest BCUT2D eigenvalue weighted by atomic mass is 10.1. The van der Waals surface area contributed by atoms with Gasteiger partial charge in [0.2, 0.25) is 18.1 Å². The summed E-state index contributed by atoms with van der Waals surface area (Å²) in [6.07, 6.45) is -10.3. The van der Waals surface area contributed by atoms with Gasteiger partial charge in [0.15, 0.2) is 48.5 Å². The molecular weight excluding hydrogens is 1060 g/mol. The van der Waals surface area contributed by atoms with Crippen LogP contribution in [-0.4, -0.2) is 111 Å². The molecule has 5 rings (SSSR count). The van der Waals surface area contributed by atoms with Crippen molar-refractivity contribution < 1.29 is 44.1 Å². The zero-order chi connectivity index (χ0) is 57.2. The van der Waals surface area contributed by atoms with Crippen LogP contribution in [-0.2, 0) is 40.3 Å². The number of nitrogens with two attached hydrogens (primary N) is 5. The highest BCUT2D eigenvalue weighted by Crippen LogP contribution is 2.30. The molecule has 6 amide bonds. The number of hydrogen-bond acceptors (Lipinski definition) is 17. The number of aromatic nitrogens is 2. The zero-order valence-electron chi connectivity index (χ0n) is 40.3. The maximum Gasteiger partial charge on any atom is 0.271 e. The fraction of sp³-hybridized carbons (Fsp3) is 0.156. The Morgan fingerprint density at radius 1 is 0.538 bits per heavy atom. The summed E-state index contributed by atoms with van der Waals surface area (Å²) >= 11 is 12.4. The van der Waals surface area contributed by atoms with Crippen LogP contribution in [0.5, 0.6) is 0 Å². The van der Waals surface area contributed by atoms with Crippen molar-refractivity contribution in [3.8, 4) is 22.5 Å². The second kappa shape index (κ2) is 27.5. The van der Waals surface area contributed by atoms with Gasteiger partial charge < -0.3 is 86.5 Å². The topological polar surface area (TPSA) is 527 Å². The van der Waals surface area contributed by atoms with Crippen LogP contribution < -0.4 is 86.9 Å². The predicted octanol–water partition coefficient (Wildman–Crippen LogP) is -2.70. The van der Waals surface area contributed by atoms with Crippen molar-refractivity contribution in [2.24, 2.45) is 28.7 Å². The molecule has 1 aromatic heterocycles. The number of nitrogens with one attached hydrogen (secondary N) is 14. The molecule has 0 aliphatic carbocycles. The normalized spacial score (nSPS) is 12.9. The molecule has 5 aromatic rings. The molecule has 0 radical (unpaired) electrons. The van der Waals surface area contributed by atoms with Gasteiger partial charge in [0.1, 0.15) is 6.04 Å². The number of nitrogens with zero attached hydrogens (tertiary/aromatic N) is 3. The van der Waals surface area contributed by atoms with Gasteiger partial charge in [-0.2, -0.15) is 0 Å². The lowest BCUT2D eigenvalue weighted by Crippen LogP contribution is -2.68. The third-order valence-corrected chi connectivity index (χ3v) is 10.9. The van der Waals surface area contributed by atoms with Crippen LogP contribution in [0.4, 0.5) is 11.6 Å². The number of aliphatic hydroxyl groups excluding tert-OH is 1. The molecule has 1 heterocycles. The Morgan fingerprint density at radius 2 is 0.949 bits per heavy atom. The van der Waals surface area contributed by atoms with Gasteiger partial charge in [0.05, 0.1) is 17.1 Å². The van der Waals surface area contributed by atoms with Crippen molar-refractivity contribution in [2.75, 3.05) is 10.4 Å². The smallest absolute Gasteiger partial charge is 0.271 e. The zero-order valence-corrected chi connectivity index (χ0v) is 41.8. The van der Waals surface area contributed by atoms with Crippen LogP contribution in [0.1, 0.15) is 17.2 Å². The summed E-state index contributed by atoms with van der Waals surface area (Å²) in [5.74, 6) is -11.5. The number of carbonyl (C=O) groups excluding carboxylic acids is 6. The van der Waals surface area contributed by atoms with Crippen LogP contribution >= 0.6 is 23.2 Å². The molecule has 4 aromatic carbocycles. The van der Waals surface area contributed by atoms with E-state index in [9.17, 15) is 33.9 Å². The number of aliphatic hydroxyl groups is 1. The van der Waals surface area contributed by atoms with E-state index >= 15 is 0 Å². The van der Waals surface area contributed by atoms with Crippen molar-refractivity contribution in [1.82, 2.24) is 57.8 Å². The molecule has 78 heavy (non-hydrogen) atoms. The first-order chi connectivity index (χ1) is 37.0. The van der Waals surface area contributed by atoms with Crippen LogP contribution in [0.3, 0.4) is 0 Å². The summed E-state index contributed by atoms with van der Waals surface area (Å²) in [6, 6.07) is 26.9. The molecule has 0 spiro atoms. The van der Waals surface area contributed by atoms with Gasteiger partial charge in [0.25, 0.3) is 29.5 Å². The highest BCUT2D eigenvalue weighted by atomic mass is 35.5. The number of guanidine groups is 4. The first kappa shape index (κ1) is 58.8. The van der Waals surface area contributed by atoms with Crippen molar-refractivity contribution >= 4 is 94.1 Å². The number of carbonyl (C=O) groups is 6. The Hall–Kier alpha value is -10.1. The lowest BCUT2D eigenvalue weighted by molar-refractivity contribution is -0.215. The monoisotopic (exact) mass is 1110 g/mol. The molecule has 0 aliphatic rings. The number of halogens is 2. The van der Waals surface area contributed by atoms with Crippen LogP contribution in [0.25, 0.3) is 22.5 Å². The number of primary amides is 1. The summed E-state index contributed by atoms with van der Waals surface area (Å²) < 4.78 is 0. The Morgan fingerprint density at radius 3 is 1.36 bits per heavy atom. The third-order valence-electron chi connectivity index (χ3n) is 10.3. The standard InChI is InChI=1S/C45H52Cl2N22O9/c46-24-12-8-21(9-13-24)27-18-28(22-10-14-25(47)15-11-22)58-45(57-27)69(19-20-6-16-26(17-7-20)68-78-77)40(76)39(75)59-29(23-4-2-1-3-5-23)35(71)61-32(65-42(51)52)37(73)63-34(67-44(55)56)38(74)62-33(66-43(53)54)36(72)60-31(30(48)70)64-41(49)50/h1-18,29,31-34,40,68,76-77H,19H2,(H2,48,70)(H,59,75)(H,60,72)(H,61,71)(H,62,74)(H,63,73)(H4,49,50,64)(H4,51,52,65)(H4,53,54,66)(H4,55,56,67). The lowest BCUT2D eigenvalue weighted by Gasteiger charge is -2.30. The quantitative estimate of drug-likeness (QED) is 0.00983. The van der Waals surface area contributed by atoms with E-state index in [2.05, 4.69) is 53.0 Å². The highest BCUT2D eigenvalue weighted by Gasteiger charge is 2.36. The van der Waals surface area contributed by atoms with Gasteiger partial charge in [0, 0.05) is 27.7 Å². The molecule has 6 unspecified atom stereocenters. The van der Waals surface area contributed by atoms with E-state index in [0.29, 0.717) is 43.8 Å². The van der Waals surface area contributed by atoms with E-state index in [4.69, 9.17) is 88.7 Å². The fourth-order valence-electron chi connectivity index (χ4n) is 6.80. The second-order valence-electron chi connectivity index (χ2n) is 16.1. The number of amides is 6. The summed E-state index contributed by atoms with van der Waals surface area (Å²) in [4.78, 5) is 96.4. The highest BCUT2D eigenvalue weighted by molar-refractivity contribution is 6.31. The Bertz CT molecular complexity index is 2950. The first-order valence-corrected chi connectivity index (χ1v) is 23.1. The van der Waals surface area contributed by atoms with Gasteiger partial charge in [-0.25, -0.2) is 20.7 Å². The number of hydrogen-bond donors (Lipinski definition) is 21. The largest absolute Gasteiger partial charge is 0.370 e. The summed E-state index contributed by atoms with van der Waals surface area (Å²) in [6.45, 7) is -0.282. The predicted molar refractivity (Wildman–Crippen MR) is 283 cm³/mol. The summed E-state index contributed by atoms with van der Waals surface area (Å²) in [5.41, 5.74) is 31.9. The van der Waals surface area contributed by atoms with Gasteiger partial charge in [-0.15, -0.1) is 4.99 Å². The first-order valence-electron chi connectivity index (χ1n) is 22.3. The van der Waals surface area contributed by atoms with Crippen LogP contribution in [0.2, 0.25) is 10.0 Å². The Labute approximate surface area is 451 Å². The van der Waals surface area contributed by atoms with E-state index in [-0.39, 0.29) is 18.1 Å². The average Bonchev–Trinajstić information content (AvgIpc) is 3.38. The molecule has 0 bridgehead atoms. The van der Waals surface area contributed by atoms with E-state index in [1.54, 1.807) is 72.8 Å². The summed E-state index contributed by atoms with van der Waals surface area (Å²) in [7, 11) is 0. The molecule has 0 saturated carbocycles. The SMILES string of the molecule is N=C(N)NC(NC(=O)C(NC(=N)N)NC(=O)C(NC(=N)N)NC(=O)C(NC(=N)N)NC(=O)C(NC(=O)C(O)N(Cc1ccc(NOO)cc1)c1nc(-c2ccc(Cl)cc2)cc(-c2ccc(Cl)cc2)n1)c1ccccc1)C(N)=O. The second-order valence-corrected chi connectivity index (χ2v) is 17.0. The van der Waals surface area contributed by atoms with E-state index in [1.165, 1.54) is 36.4 Å². The molecule has 0 saturated heterocycles. The van der Waals surface area contributed by atoms with Crippen LogP contribution in [0.15, 0.2) is 109 Å². The van der Waals surface area contributed by atoms with E-state index in [1.807, 2.05) is 5.32 Å². The fourth-order valence-corrected chi connectivity index (χ4v) is 7.05. The number of anilines is 2. The van der Waals surface area contributed by atoms with Gasteiger partial charge in [-0.1, -0.05) is 89.9 Å². The Kier molecular flexibility index (Phi) is 20.7. The molecule has 410 valence electrons. The molecular formula is C45H52Cl2N22O9. The van der Waals surface area contributed by atoms with E-state index < -0.39 is 96.2 Å². The minimum absolute atomic E-state index is 0.0825. The molecule has 33 heteroatoms. The van der Waals surface area contributed by atoms with Crippen molar-refractivity contribution in [2.45, 2.75) is 43.5 Å². The molecule has 6 atom stereocenters. The molecule has 0 aliphatic heterocycles. The van der Waals surface area contributed by atoms with Gasteiger partial charge in [-0.05, 0) is 53.6 Å². The molecule has 0 fully saturated rings. The number of benzene rings is 4. The van der Waals surface area contributed by atoms with Crippen LogP contribution in [0, 0.1) is 21.6 Å².